The first-order valence-electron chi connectivity index (χ1n) is 5.91. The number of nitrogens with two attached hydrogens (primary N) is 1. The van der Waals surface area contributed by atoms with Crippen LogP contribution in [0, 0.1) is 0 Å². The Morgan fingerprint density at radius 3 is 2.78 bits per heavy atom. The number of nitrogens with zero attached hydrogens (tertiary/aromatic N) is 1. The summed E-state index contributed by atoms with van der Waals surface area (Å²) in [6, 6.07) is 5.21. The predicted molar refractivity (Wildman–Crippen MR) is 73.9 cm³/mol. The van der Waals surface area contributed by atoms with Gasteiger partial charge in [0.2, 0.25) is 0 Å². The Hall–Kier alpha value is -1.75. The molecule has 0 bridgehead atoms. The van der Waals surface area contributed by atoms with E-state index in [1.165, 1.54) is 7.11 Å². The molecule has 1 aromatic carbocycles. The Kier molecular flexibility index (Phi) is 5.45. The number of hydrogen-bond acceptors (Lipinski definition) is 5. The van der Waals surface area contributed by atoms with Crippen molar-refractivity contribution in [1.29, 1.82) is 0 Å². The van der Waals surface area contributed by atoms with Gasteiger partial charge in [-0.15, -0.1) is 0 Å². The highest BCUT2D eigenvalue weighted by Crippen LogP contribution is 2.24. The van der Waals surface area contributed by atoms with Gasteiger partial charge in [-0.2, -0.15) is 0 Å². The summed E-state index contributed by atoms with van der Waals surface area (Å²) in [6.07, 6.45) is 0.974. The molecule has 0 aliphatic heterocycles. The first-order chi connectivity index (χ1) is 8.56. The van der Waals surface area contributed by atoms with E-state index < -0.39 is 0 Å². The number of nitrogen functional groups attached to an aromatic ring is 1. The third-order valence-corrected chi connectivity index (χ3v) is 2.59. The van der Waals surface area contributed by atoms with E-state index in [1.807, 2.05) is 14.1 Å². The number of ether oxygens (including phenoxy) is 1. The molecule has 0 atom stereocenters. The highest BCUT2D eigenvalue weighted by Gasteiger charge is 2.13. The van der Waals surface area contributed by atoms with Gasteiger partial charge in [-0.25, -0.2) is 4.79 Å². The van der Waals surface area contributed by atoms with Crippen molar-refractivity contribution in [3.8, 4) is 0 Å². The molecule has 100 valence electrons. The maximum absolute atomic E-state index is 11.6. The lowest BCUT2D eigenvalue weighted by Crippen LogP contribution is -2.17. The van der Waals surface area contributed by atoms with E-state index in [1.54, 1.807) is 18.2 Å². The molecule has 3 N–H and O–H groups in total. The van der Waals surface area contributed by atoms with Gasteiger partial charge in [0, 0.05) is 6.54 Å². The van der Waals surface area contributed by atoms with Crippen LogP contribution in [0.4, 0.5) is 11.4 Å². The van der Waals surface area contributed by atoms with Crippen LogP contribution in [0.5, 0.6) is 0 Å². The molecule has 18 heavy (non-hydrogen) atoms. The molecule has 0 aliphatic carbocycles. The van der Waals surface area contributed by atoms with Gasteiger partial charge < -0.3 is 20.7 Å². The third-order valence-electron chi connectivity index (χ3n) is 2.59. The zero-order valence-electron chi connectivity index (χ0n) is 11.2. The van der Waals surface area contributed by atoms with E-state index in [4.69, 9.17) is 10.5 Å². The molecule has 0 radical (unpaired) electrons. The van der Waals surface area contributed by atoms with Crippen molar-refractivity contribution < 1.29 is 9.53 Å². The molecule has 0 aliphatic rings. The largest absolute Gasteiger partial charge is 0.465 e. The van der Waals surface area contributed by atoms with Crippen molar-refractivity contribution in [3.05, 3.63) is 23.8 Å². The fourth-order valence-electron chi connectivity index (χ4n) is 1.66. The molecule has 0 unspecified atom stereocenters. The molecular formula is C13H21N3O2. The van der Waals surface area contributed by atoms with Gasteiger partial charge in [-0.05, 0) is 39.2 Å². The maximum atomic E-state index is 11.6. The zero-order valence-corrected chi connectivity index (χ0v) is 11.2. The third kappa shape index (κ3) is 3.92. The van der Waals surface area contributed by atoms with E-state index in [-0.39, 0.29) is 5.97 Å². The van der Waals surface area contributed by atoms with Crippen LogP contribution in [0.3, 0.4) is 0 Å². The van der Waals surface area contributed by atoms with Crippen LogP contribution in [0.25, 0.3) is 0 Å². The molecule has 1 rings (SSSR count). The van der Waals surface area contributed by atoms with Crippen LogP contribution >= 0.6 is 0 Å². The Balaban J connectivity index is 2.71. The van der Waals surface area contributed by atoms with Gasteiger partial charge in [0.05, 0.1) is 24.0 Å². The number of rotatable bonds is 6. The summed E-state index contributed by atoms with van der Waals surface area (Å²) in [4.78, 5) is 13.7. The van der Waals surface area contributed by atoms with Crippen molar-refractivity contribution in [1.82, 2.24) is 4.90 Å². The first kappa shape index (κ1) is 14.3. The molecular weight excluding hydrogens is 230 g/mol. The second-order valence-electron chi connectivity index (χ2n) is 4.34. The molecule has 0 saturated heterocycles. The second-order valence-corrected chi connectivity index (χ2v) is 4.34. The fourth-order valence-corrected chi connectivity index (χ4v) is 1.66. The van der Waals surface area contributed by atoms with E-state index in [0.717, 1.165) is 19.5 Å². The molecule has 0 saturated carbocycles. The second kappa shape index (κ2) is 6.86. The van der Waals surface area contributed by atoms with Crippen LogP contribution in [0.1, 0.15) is 16.8 Å². The lowest BCUT2D eigenvalue weighted by molar-refractivity contribution is 0.0602. The first-order valence-corrected chi connectivity index (χ1v) is 5.91. The quantitative estimate of drug-likeness (QED) is 0.454. The summed E-state index contributed by atoms with van der Waals surface area (Å²) >= 11 is 0. The monoisotopic (exact) mass is 251 g/mol. The standard InChI is InChI=1S/C13H21N3O2/c1-16(2)9-5-8-15-12-10(13(17)18-3)6-4-7-11(12)14/h4,6-7,15H,5,8-9,14H2,1-3H3. The summed E-state index contributed by atoms with van der Waals surface area (Å²) in [5, 5.41) is 3.20. The van der Waals surface area contributed by atoms with Gasteiger partial charge in [-0.1, -0.05) is 6.07 Å². The number of benzene rings is 1. The van der Waals surface area contributed by atoms with Gasteiger partial charge in [0.15, 0.2) is 0 Å². The summed E-state index contributed by atoms with van der Waals surface area (Å²) in [5.74, 6) is -0.377. The number of anilines is 2. The number of esters is 1. The normalized spacial score (nSPS) is 10.4. The number of carbonyl (C=O) groups excluding carboxylic acids is 1. The van der Waals surface area contributed by atoms with Crippen LogP contribution in [-0.2, 0) is 4.74 Å². The minimum absolute atomic E-state index is 0.377. The topological polar surface area (TPSA) is 67.6 Å². The molecule has 0 aromatic heterocycles. The molecule has 1 aromatic rings. The average molecular weight is 251 g/mol. The highest BCUT2D eigenvalue weighted by molar-refractivity contribution is 5.98. The molecule has 0 heterocycles. The Morgan fingerprint density at radius 2 is 2.17 bits per heavy atom. The summed E-state index contributed by atoms with van der Waals surface area (Å²) in [7, 11) is 5.41. The van der Waals surface area contributed by atoms with E-state index in [0.29, 0.717) is 16.9 Å². The number of nitrogens with one attached hydrogen (secondary N) is 1. The Bertz CT molecular complexity index is 405. The van der Waals surface area contributed by atoms with Crippen LogP contribution in [0.15, 0.2) is 18.2 Å². The number of methoxy groups -OCH3 is 1. The van der Waals surface area contributed by atoms with Crippen molar-refractivity contribution in [3.63, 3.8) is 0 Å². The lowest BCUT2D eigenvalue weighted by Gasteiger charge is -2.14. The lowest BCUT2D eigenvalue weighted by atomic mass is 10.1. The minimum atomic E-state index is -0.377. The van der Waals surface area contributed by atoms with Crippen molar-refractivity contribution >= 4 is 17.3 Å². The van der Waals surface area contributed by atoms with Crippen LogP contribution in [-0.4, -0.2) is 45.2 Å². The average Bonchev–Trinajstić information content (AvgIpc) is 2.34. The van der Waals surface area contributed by atoms with E-state index >= 15 is 0 Å². The smallest absolute Gasteiger partial charge is 0.340 e. The SMILES string of the molecule is COC(=O)c1cccc(N)c1NCCCN(C)C. The summed E-state index contributed by atoms with van der Waals surface area (Å²) in [5.41, 5.74) is 7.56. The van der Waals surface area contributed by atoms with Crippen LogP contribution in [0.2, 0.25) is 0 Å². The fraction of sp³-hybridized carbons (Fsp3) is 0.462. The van der Waals surface area contributed by atoms with Crippen molar-refractivity contribution in [2.75, 3.05) is 45.3 Å². The number of para-hydroxylation sites is 1. The molecule has 5 heteroatoms. The minimum Gasteiger partial charge on any atom is -0.465 e. The predicted octanol–water partition coefficient (Wildman–Crippen LogP) is 1.42. The highest BCUT2D eigenvalue weighted by atomic mass is 16.5. The summed E-state index contributed by atoms with van der Waals surface area (Å²) in [6.45, 7) is 1.74. The van der Waals surface area contributed by atoms with Gasteiger partial charge in [0.25, 0.3) is 0 Å². The zero-order chi connectivity index (χ0) is 13.5. The molecule has 0 spiro atoms. The van der Waals surface area contributed by atoms with Crippen molar-refractivity contribution in [2.24, 2.45) is 0 Å². The summed E-state index contributed by atoms with van der Waals surface area (Å²) < 4.78 is 4.73. The van der Waals surface area contributed by atoms with Crippen LogP contribution < -0.4 is 11.1 Å². The maximum Gasteiger partial charge on any atom is 0.340 e. The van der Waals surface area contributed by atoms with Gasteiger partial charge >= 0.3 is 5.97 Å². The molecule has 0 fully saturated rings. The van der Waals surface area contributed by atoms with Gasteiger partial charge in [0.1, 0.15) is 0 Å². The molecule has 0 amide bonds. The van der Waals surface area contributed by atoms with E-state index in [2.05, 4.69) is 10.2 Å². The Morgan fingerprint density at radius 1 is 1.44 bits per heavy atom. The number of carbonyl (C=O) groups is 1. The molecule has 5 nitrogen and oxygen atoms in total. The van der Waals surface area contributed by atoms with Crippen molar-refractivity contribution in [2.45, 2.75) is 6.42 Å². The Labute approximate surface area is 108 Å². The van der Waals surface area contributed by atoms with Gasteiger partial charge in [-0.3, -0.25) is 0 Å². The number of hydrogen-bond donors (Lipinski definition) is 2. The van der Waals surface area contributed by atoms with E-state index in [9.17, 15) is 4.79 Å².